The third-order valence-electron chi connectivity index (χ3n) is 0.648. The van der Waals surface area contributed by atoms with Crippen molar-refractivity contribution in [3.63, 3.8) is 0 Å². The van der Waals surface area contributed by atoms with E-state index >= 15 is 0 Å². The van der Waals surface area contributed by atoms with Gasteiger partial charge in [0, 0.05) is 0 Å². The topological polar surface area (TPSA) is 18.5 Å². The molecule has 1 atom stereocenters. The molecule has 1 rings (SSSR count). The van der Waals surface area contributed by atoms with Gasteiger partial charge in [-0.25, -0.2) is 0 Å². The van der Waals surface area contributed by atoms with Crippen LogP contribution in [-0.4, -0.2) is 19.5 Å². The van der Waals surface area contributed by atoms with Crippen molar-refractivity contribution in [1.29, 1.82) is 0 Å². The standard InChI is InChI=1S/C4H6O2/c1-4-2-5-3-6-4/h1,4H,2-3H2. The Kier molecular flexibility index (Phi) is 1.08. The maximum Gasteiger partial charge on any atom is 0.147 e. The van der Waals surface area contributed by atoms with Crippen LogP contribution in [0.25, 0.3) is 0 Å². The van der Waals surface area contributed by atoms with Gasteiger partial charge >= 0.3 is 0 Å². The summed E-state index contributed by atoms with van der Waals surface area (Å²) in [6, 6.07) is 0. The molecule has 1 saturated heterocycles. The minimum Gasteiger partial charge on any atom is -0.353 e. The molecule has 0 aromatic rings. The number of ether oxygens (including phenoxy) is 2. The average Bonchev–Trinajstić information content (AvgIpc) is 1.86. The summed E-state index contributed by atoms with van der Waals surface area (Å²) in [5, 5.41) is 0. The quantitative estimate of drug-likeness (QED) is 0.415. The Hall–Kier alpha value is -0.0800. The van der Waals surface area contributed by atoms with Crippen LogP contribution in [0.1, 0.15) is 0 Å². The highest BCUT2D eigenvalue weighted by molar-refractivity contribution is 4.59. The fourth-order valence-electron chi connectivity index (χ4n) is 0.348. The van der Waals surface area contributed by atoms with Crippen molar-refractivity contribution in [3.8, 4) is 0 Å². The first kappa shape index (κ1) is 4.09. The van der Waals surface area contributed by atoms with Crippen molar-refractivity contribution in [2.75, 3.05) is 13.4 Å². The zero-order valence-electron chi connectivity index (χ0n) is 3.39. The second-order valence-electron chi connectivity index (χ2n) is 1.19. The molecule has 1 aliphatic heterocycles. The van der Waals surface area contributed by atoms with E-state index in [1.54, 1.807) is 0 Å². The van der Waals surface area contributed by atoms with Gasteiger partial charge in [-0.2, -0.15) is 0 Å². The van der Waals surface area contributed by atoms with Crippen molar-refractivity contribution < 1.29 is 9.47 Å². The highest BCUT2D eigenvalue weighted by atomic mass is 16.7. The van der Waals surface area contributed by atoms with Crippen LogP contribution in [-0.2, 0) is 9.47 Å². The van der Waals surface area contributed by atoms with E-state index in [0.29, 0.717) is 13.4 Å². The first-order valence-electron chi connectivity index (χ1n) is 1.84. The Morgan fingerprint density at radius 2 is 2.50 bits per heavy atom. The van der Waals surface area contributed by atoms with Gasteiger partial charge in [-0.15, -0.1) is 0 Å². The normalized spacial score (nSPS) is 34.5. The van der Waals surface area contributed by atoms with Gasteiger partial charge in [0.1, 0.15) is 6.79 Å². The van der Waals surface area contributed by atoms with Crippen molar-refractivity contribution >= 4 is 0 Å². The lowest BCUT2D eigenvalue weighted by Crippen LogP contribution is -2.00. The van der Waals surface area contributed by atoms with Gasteiger partial charge in [-0.1, -0.05) is 0 Å². The summed E-state index contributed by atoms with van der Waals surface area (Å²) in [4.78, 5) is 0. The summed E-state index contributed by atoms with van der Waals surface area (Å²) in [7, 11) is 0. The van der Waals surface area contributed by atoms with Crippen LogP contribution in [0, 0.1) is 6.92 Å². The third kappa shape index (κ3) is 0.698. The monoisotopic (exact) mass is 86.0 g/mol. The molecule has 1 unspecified atom stereocenters. The molecule has 0 spiro atoms. The van der Waals surface area contributed by atoms with Crippen molar-refractivity contribution in [3.05, 3.63) is 6.92 Å². The van der Waals surface area contributed by atoms with Gasteiger partial charge in [0.05, 0.1) is 12.7 Å². The van der Waals surface area contributed by atoms with Crippen LogP contribution in [0.2, 0.25) is 0 Å². The van der Waals surface area contributed by atoms with Gasteiger partial charge in [-0.3, -0.25) is 0 Å². The predicted molar refractivity (Wildman–Crippen MR) is 20.0 cm³/mol. The fourth-order valence-corrected chi connectivity index (χ4v) is 0.348. The number of hydrogen-bond acceptors (Lipinski definition) is 2. The lowest BCUT2D eigenvalue weighted by Gasteiger charge is -1.90. The summed E-state index contributed by atoms with van der Waals surface area (Å²) in [5.41, 5.74) is 0. The minimum absolute atomic E-state index is 0.176. The molecule has 0 saturated carbocycles. The van der Waals surface area contributed by atoms with Crippen molar-refractivity contribution in [1.82, 2.24) is 0 Å². The SMILES string of the molecule is [CH]C1COCO1. The second-order valence-corrected chi connectivity index (χ2v) is 1.19. The Morgan fingerprint density at radius 1 is 1.67 bits per heavy atom. The van der Waals surface area contributed by atoms with Crippen LogP contribution in [0.4, 0.5) is 0 Å². The van der Waals surface area contributed by atoms with E-state index in [4.69, 9.17) is 16.4 Å². The van der Waals surface area contributed by atoms with Gasteiger partial charge in [0.15, 0.2) is 0 Å². The number of rotatable bonds is 0. The molecule has 6 heavy (non-hydrogen) atoms. The minimum atomic E-state index is -0.176. The van der Waals surface area contributed by atoms with E-state index in [1.807, 2.05) is 0 Å². The molecular weight excluding hydrogens is 80.0 g/mol. The average molecular weight is 86.1 g/mol. The fraction of sp³-hybridized carbons (Fsp3) is 0.750. The molecule has 1 aliphatic rings. The molecule has 34 valence electrons. The van der Waals surface area contributed by atoms with Gasteiger partial charge < -0.3 is 9.47 Å². The molecule has 0 bridgehead atoms. The van der Waals surface area contributed by atoms with E-state index in [0.717, 1.165) is 0 Å². The summed E-state index contributed by atoms with van der Waals surface area (Å²) in [6.07, 6.45) is -0.176. The molecule has 0 aliphatic carbocycles. The van der Waals surface area contributed by atoms with Crippen LogP contribution in [0.3, 0.4) is 0 Å². The molecule has 2 radical (unpaired) electrons. The molecule has 0 amide bonds. The largest absolute Gasteiger partial charge is 0.353 e. The number of hydrogen-bond donors (Lipinski definition) is 0. The van der Waals surface area contributed by atoms with E-state index in [9.17, 15) is 0 Å². The Balaban J connectivity index is 2.18. The van der Waals surface area contributed by atoms with Gasteiger partial charge in [-0.05, 0) is 6.92 Å². The summed E-state index contributed by atoms with van der Waals surface area (Å²) in [5.74, 6) is 0. The maximum atomic E-state index is 5.19. The zero-order chi connectivity index (χ0) is 4.41. The Morgan fingerprint density at radius 3 is 2.67 bits per heavy atom. The molecule has 0 aromatic heterocycles. The molecule has 1 fully saturated rings. The third-order valence-corrected chi connectivity index (χ3v) is 0.648. The smallest absolute Gasteiger partial charge is 0.147 e. The van der Waals surface area contributed by atoms with Crippen LogP contribution in [0.5, 0.6) is 0 Å². The lowest BCUT2D eigenvalue weighted by molar-refractivity contribution is 0.0567. The zero-order valence-corrected chi connectivity index (χ0v) is 3.39. The molecule has 2 heteroatoms. The van der Waals surface area contributed by atoms with E-state index in [2.05, 4.69) is 0 Å². The first-order valence-corrected chi connectivity index (χ1v) is 1.84. The van der Waals surface area contributed by atoms with Crippen molar-refractivity contribution in [2.24, 2.45) is 0 Å². The van der Waals surface area contributed by atoms with Crippen LogP contribution in [0.15, 0.2) is 0 Å². The van der Waals surface area contributed by atoms with Gasteiger partial charge in [0.25, 0.3) is 0 Å². The van der Waals surface area contributed by atoms with E-state index < -0.39 is 0 Å². The van der Waals surface area contributed by atoms with E-state index in [1.165, 1.54) is 0 Å². The first-order chi connectivity index (χ1) is 2.89. The molecule has 2 nitrogen and oxygen atoms in total. The predicted octanol–water partition coefficient (Wildman–Crippen LogP) is 0.0704. The van der Waals surface area contributed by atoms with Gasteiger partial charge in [0.2, 0.25) is 0 Å². The lowest BCUT2D eigenvalue weighted by atomic mass is 10.5. The molecule has 0 aromatic carbocycles. The highest BCUT2D eigenvalue weighted by Crippen LogP contribution is 1.98. The van der Waals surface area contributed by atoms with Crippen LogP contribution < -0.4 is 0 Å². The Bertz CT molecular complexity index is 38.8. The van der Waals surface area contributed by atoms with Crippen molar-refractivity contribution in [2.45, 2.75) is 6.10 Å². The summed E-state index contributed by atoms with van der Waals surface area (Å²) < 4.78 is 9.42. The molecule has 1 heterocycles. The Labute approximate surface area is 37.1 Å². The molecular formula is C4H6O2. The van der Waals surface area contributed by atoms with E-state index in [-0.39, 0.29) is 6.10 Å². The molecule has 0 N–H and O–H groups in total. The van der Waals surface area contributed by atoms with Crippen LogP contribution >= 0.6 is 0 Å². The summed E-state index contributed by atoms with van der Waals surface area (Å²) in [6.45, 7) is 6.09. The second kappa shape index (κ2) is 1.58. The maximum absolute atomic E-state index is 5.19. The highest BCUT2D eigenvalue weighted by Gasteiger charge is 2.07. The summed E-state index contributed by atoms with van der Waals surface area (Å²) >= 11 is 0.